The van der Waals surface area contributed by atoms with Crippen molar-refractivity contribution in [2.75, 3.05) is 14.1 Å². The number of sulfonamides is 1. The fourth-order valence-electron chi connectivity index (χ4n) is 2.00. The molecule has 0 radical (unpaired) electrons. The third-order valence-corrected chi connectivity index (χ3v) is 4.96. The molecule has 0 aliphatic heterocycles. The van der Waals surface area contributed by atoms with E-state index >= 15 is 0 Å². The molecule has 5 nitrogen and oxygen atoms in total. The van der Waals surface area contributed by atoms with Crippen molar-refractivity contribution in [1.29, 1.82) is 0 Å². The molecule has 7 heteroatoms. The van der Waals surface area contributed by atoms with Crippen LogP contribution in [0, 0.1) is 5.82 Å². The van der Waals surface area contributed by atoms with Crippen molar-refractivity contribution >= 4 is 10.0 Å². The monoisotopic (exact) mass is 312 g/mol. The molecule has 2 aromatic rings. The second kappa shape index (κ2) is 6.38. The topological polar surface area (TPSA) is 62.6 Å². The lowest BCUT2D eigenvalue weighted by molar-refractivity contribution is 0.461. The second-order valence-electron chi connectivity index (χ2n) is 4.68. The summed E-state index contributed by atoms with van der Waals surface area (Å²) in [7, 11) is -0.621. The van der Waals surface area contributed by atoms with Crippen molar-refractivity contribution in [1.82, 2.24) is 9.62 Å². The van der Waals surface area contributed by atoms with Crippen LogP contribution in [-0.2, 0) is 23.1 Å². The van der Waals surface area contributed by atoms with Crippen molar-refractivity contribution in [3.05, 3.63) is 53.7 Å². The van der Waals surface area contributed by atoms with Crippen LogP contribution in [0.25, 0.3) is 0 Å². The number of furan rings is 1. The maximum Gasteiger partial charge on any atom is 0.243 e. The third kappa shape index (κ3) is 3.49. The molecular weight excluding hydrogens is 295 g/mol. The lowest BCUT2D eigenvalue weighted by Crippen LogP contribution is -2.28. The number of rotatable bonds is 6. The van der Waals surface area contributed by atoms with Gasteiger partial charge in [0.2, 0.25) is 10.0 Å². The summed E-state index contributed by atoms with van der Waals surface area (Å²) in [6.07, 6.45) is 2.95. The van der Waals surface area contributed by atoms with E-state index in [0.717, 1.165) is 11.6 Å². The minimum absolute atomic E-state index is 0.0251. The predicted molar refractivity (Wildman–Crippen MR) is 76.5 cm³/mol. The Morgan fingerprint density at radius 3 is 2.71 bits per heavy atom. The van der Waals surface area contributed by atoms with Gasteiger partial charge < -0.3 is 9.73 Å². The van der Waals surface area contributed by atoms with E-state index < -0.39 is 15.8 Å². The third-order valence-electron chi connectivity index (χ3n) is 3.07. The van der Waals surface area contributed by atoms with Crippen molar-refractivity contribution < 1.29 is 17.2 Å². The van der Waals surface area contributed by atoms with Gasteiger partial charge in [-0.25, -0.2) is 12.8 Å². The van der Waals surface area contributed by atoms with Crippen molar-refractivity contribution in [3.63, 3.8) is 0 Å². The van der Waals surface area contributed by atoms with Crippen LogP contribution in [0.3, 0.4) is 0 Å². The van der Waals surface area contributed by atoms with Crippen LogP contribution in [0.1, 0.15) is 11.1 Å². The maximum atomic E-state index is 13.4. The quantitative estimate of drug-likeness (QED) is 0.886. The zero-order valence-electron chi connectivity index (χ0n) is 11.8. The van der Waals surface area contributed by atoms with E-state index in [2.05, 4.69) is 5.32 Å². The standard InChI is InChI=1S/C14H17FN2O3S/c1-16-8-12-3-4-13(15)7-14(12)21(18,19)17(2)9-11-5-6-20-10-11/h3-7,10,16H,8-9H2,1-2H3. The van der Waals surface area contributed by atoms with Gasteiger partial charge in [-0.05, 0) is 30.8 Å². The van der Waals surface area contributed by atoms with Crippen molar-refractivity contribution in [2.24, 2.45) is 0 Å². The summed E-state index contributed by atoms with van der Waals surface area (Å²) in [5.41, 5.74) is 1.26. The van der Waals surface area contributed by atoms with E-state index in [1.807, 2.05) is 0 Å². The summed E-state index contributed by atoms with van der Waals surface area (Å²) in [6, 6.07) is 5.46. The summed E-state index contributed by atoms with van der Waals surface area (Å²) in [5, 5.41) is 2.88. The highest BCUT2D eigenvalue weighted by molar-refractivity contribution is 7.89. The Morgan fingerprint density at radius 2 is 2.10 bits per heavy atom. The van der Waals surface area contributed by atoms with Gasteiger partial charge in [0.1, 0.15) is 5.82 Å². The molecule has 0 amide bonds. The summed E-state index contributed by atoms with van der Waals surface area (Å²) >= 11 is 0. The van der Waals surface area contributed by atoms with Gasteiger partial charge in [0.25, 0.3) is 0 Å². The van der Waals surface area contributed by atoms with Gasteiger partial charge in [0, 0.05) is 25.7 Å². The molecule has 0 atom stereocenters. The highest BCUT2D eigenvalue weighted by atomic mass is 32.2. The van der Waals surface area contributed by atoms with E-state index in [1.54, 1.807) is 13.1 Å². The molecule has 0 aliphatic rings. The average molecular weight is 312 g/mol. The van der Waals surface area contributed by atoms with Gasteiger partial charge in [-0.3, -0.25) is 0 Å². The lowest BCUT2D eigenvalue weighted by atomic mass is 10.2. The molecule has 0 saturated heterocycles. The smallest absolute Gasteiger partial charge is 0.243 e. The van der Waals surface area contributed by atoms with E-state index in [-0.39, 0.29) is 11.4 Å². The Labute approximate surface area is 123 Å². The van der Waals surface area contributed by atoms with E-state index in [0.29, 0.717) is 12.1 Å². The Balaban J connectivity index is 2.36. The molecule has 1 N–H and O–H groups in total. The maximum absolute atomic E-state index is 13.4. The first-order valence-corrected chi connectivity index (χ1v) is 7.79. The van der Waals surface area contributed by atoms with Crippen LogP contribution in [0.15, 0.2) is 46.1 Å². The molecule has 0 saturated carbocycles. The fourth-order valence-corrected chi connectivity index (χ4v) is 3.39. The molecule has 0 unspecified atom stereocenters. The summed E-state index contributed by atoms with van der Waals surface area (Å²) in [5.74, 6) is -0.579. The van der Waals surface area contributed by atoms with E-state index in [4.69, 9.17) is 4.42 Å². The highest BCUT2D eigenvalue weighted by Crippen LogP contribution is 2.22. The molecular formula is C14H17FN2O3S. The largest absolute Gasteiger partial charge is 0.472 e. The number of nitrogens with one attached hydrogen (secondary N) is 1. The minimum Gasteiger partial charge on any atom is -0.472 e. The van der Waals surface area contributed by atoms with Crippen molar-refractivity contribution in [2.45, 2.75) is 18.0 Å². The predicted octanol–water partition coefficient (Wildman–Crippen LogP) is 1.96. The van der Waals surface area contributed by atoms with Crippen LogP contribution in [0.2, 0.25) is 0 Å². The molecule has 1 aromatic heterocycles. The second-order valence-corrected chi connectivity index (χ2v) is 6.69. The van der Waals surface area contributed by atoms with Gasteiger partial charge in [0.15, 0.2) is 0 Å². The van der Waals surface area contributed by atoms with Crippen LogP contribution in [0.5, 0.6) is 0 Å². The Kier molecular flexibility index (Phi) is 4.76. The fraction of sp³-hybridized carbons (Fsp3) is 0.286. The molecule has 1 aromatic carbocycles. The van der Waals surface area contributed by atoms with Gasteiger partial charge in [-0.15, -0.1) is 0 Å². The van der Waals surface area contributed by atoms with E-state index in [1.165, 1.54) is 36.0 Å². The van der Waals surface area contributed by atoms with Gasteiger partial charge >= 0.3 is 0 Å². The number of hydrogen-bond donors (Lipinski definition) is 1. The Hall–Kier alpha value is -1.70. The first-order valence-electron chi connectivity index (χ1n) is 6.35. The SMILES string of the molecule is CNCc1ccc(F)cc1S(=O)(=O)N(C)Cc1ccoc1. The minimum atomic E-state index is -3.78. The molecule has 0 fully saturated rings. The first-order chi connectivity index (χ1) is 9.95. The molecule has 114 valence electrons. The van der Waals surface area contributed by atoms with Gasteiger partial charge in [0.05, 0.1) is 17.4 Å². The number of nitrogens with zero attached hydrogens (tertiary/aromatic N) is 1. The van der Waals surface area contributed by atoms with Gasteiger partial charge in [-0.2, -0.15) is 4.31 Å². The van der Waals surface area contributed by atoms with Crippen LogP contribution < -0.4 is 5.32 Å². The zero-order valence-corrected chi connectivity index (χ0v) is 12.7. The Morgan fingerprint density at radius 1 is 1.33 bits per heavy atom. The van der Waals surface area contributed by atoms with Crippen LogP contribution in [-0.4, -0.2) is 26.8 Å². The Bertz CT molecular complexity index is 699. The van der Waals surface area contributed by atoms with Crippen LogP contribution in [0.4, 0.5) is 4.39 Å². The molecule has 0 spiro atoms. The number of hydrogen-bond acceptors (Lipinski definition) is 4. The lowest BCUT2D eigenvalue weighted by Gasteiger charge is -2.18. The van der Waals surface area contributed by atoms with Crippen LogP contribution >= 0.6 is 0 Å². The highest BCUT2D eigenvalue weighted by Gasteiger charge is 2.24. The normalized spacial score (nSPS) is 12.0. The molecule has 0 aliphatic carbocycles. The zero-order chi connectivity index (χ0) is 15.5. The number of benzene rings is 1. The number of halogens is 1. The molecule has 21 heavy (non-hydrogen) atoms. The first kappa shape index (κ1) is 15.7. The summed E-state index contributed by atoms with van der Waals surface area (Å²) in [4.78, 5) is -0.0251. The summed E-state index contributed by atoms with van der Waals surface area (Å²) < 4.78 is 44.8. The van der Waals surface area contributed by atoms with Crippen molar-refractivity contribution in [3.8, 4) is 0 Å². The average Bonchev–Trinajstić information content (AvgIpc) is 2.93. The molecule has 1 heterocycles. The molecule has 2 rings (SSSR count). The van der Waals surface area contributed by atoms with E-state index in [9.17, 15) is 12.8 Å². The molecule has 0 bridgehead atoms. The van der Waals surface area contributed by atoms with Gasteiger partial charge in [-0.1, -0.05) is 6.07 Å². The summed E-state index contributed by atoms with van der Waals surface area (Å²) in [6.45, 7) is 0.503.